The quantitative estimate of drug-likeness (QED) is 0.518. The van der Waals surface area contributed by atoms with Gasteiger partial charge in [-0.2, -0.15) is 0 Å². The molecule has 0 amide bonds. The van der Waals surface area contributed by atoms with E-state index in [0.717, 1.165) is 0 Å². The van der Waals surface area contributed by atoms with Gasteiger partial charge in [-0.15, -0.1) is 0 Å². The van der Waals surface area contributed by atoms with Gasteiger partial charge >= 0.3 is 5.97 Å². The van der Waals surface area contributed by atoms with Crippen LogP contribution in [0.25, 0.3) is 0 Å². The summed E-state index contributed by atoms with van der Waals surface area (Å²) < 4.78 is 4.95. The van der Waals surface area contributed by atoms with Crippen molar-refractivity contribution in [3.05, 3.63) is 0 Å². The summed E-state index contributed by atoms with van der Waals surface area (Å²) in [7, 11) is 0. The van der Waals surface area contributed by atoms with Crippen molar-refractivity contribution in [1.29, 1.82) is 0 Å². The highest BCUT2D eigenvalue weighted by molar-refractivity contribution is 5.95. The predicted molar refractivity (Wildman–Crippen MR) is 49.1 cm³/mol. The third-order valence-corrected chi connectivity index (χ3v) is 1.18. The van der Waals surface area contributed by atoms with E-state index < -0.39 is 11.6 Å². The molecule has 0 saturated heterocycles. The van der Waals surface area contributed by atoms with Crippen molar-refractivity contribution >= 4 is 11.8 Å². The van der Waals surface area contributed by atoms with E-state index in [2.05, 4.69) is 0 Å². The van der Waals surface area contributed by atoms with Crippen LogP contribution in [-0.2, 0) is 14.3 Å². The number of rotatable bonds is 4. The van der Waals surface area contributed by atoms with E-state index in [-0.39, 0.29) is 25.2 Å². The van der Waals surface area contributed by atoms with Crippen LogP contribution in [0, 0.1) is 0 Å². The number of ether oxygens (including phenoxy) is 1. The summed E-state index contributed by atoms with van der Waals surface area (Å²) >= 11 is 0. The number of Topliss-reactive ketones (excluding diaryl/α,β-unsaturated/α-hetero) is 1. The lowest BCUT2D eigenvalue weighted by Crippen LogP contribution is -2.25. The topological polar surface area (TPSA) is 69.4 Å². The second-order valence-electron chi connectivity index (χ2n) is 3.84. The summed E-state index contributed by atoms with van der Waals surface area (Å²) in [6.07, 6.45) is 0.0632. The summed E-state index contributed by atoms with van der Waals surface area (Å²) in [4.78, 5) is 22.0. The molecule has 0 aromatic carbocycles. The average molecular weight is 187 g/mol. The van der Waals surface area contributed by atoms with Crippen LogP contribution < -0.4 is 5.73 Å². The number of nitrogens with two attached hydrogens (primary N) is 1. The molecule has 0 rings (SSSR count). The Bertz CT molecular complexity index is 194. The highest BCUT2D eigenvalue weighted by atomic mass is 16.6. The number of ketones is 1. The third-order valence-electron chi connectivity index (χ3n) is 1.18. The summed E-state index contributed by atoms with van der Waals surface area (Å²) in [5.41, 5.74) is 4.63. The molecule has 0 aliphatic carbocycles. The third kappa shape index (κ3) is 7.46. The van der Waals surface area contributed by atoms with Gasteiger partial charge in [0.1, 0.15) is 17.8 Å². The van der Waals surface area contributed by atoms with Gasteiger partial charge in [0.2, 0.25) is 0 Å². The molecule has 0 saturated carbocycles. The molecule has 0 fully saturated rings. The molecular formula is C9H17NO3. The van der Waals surface area contributed by atoms with Gasteiger partial charge in [-0.1, -0.05) is 0 Å². The molecule has 0 atom stereocenters. The van der Waals surface area contributed by atoms with Gasteiger partial charge in [-0.3, -0.25) is 9.59 Å². The zero-order valence-corrected chi connectivity index (χ0v) is 8.42. The fourth-order valence-corrected chi connectivity index (χ4v) is 0.788. The molecule has 0 aliphatic rings. The number of hydrogen-bond acceptors (Lipinski definition) is 4. The molecule has 0 spiro atoms. The van der Waals surface area contributed by atoms with Crippen LogP contribution >= 0.6 is 0 Å². The van der Waals surface area contributed by atoms with Crippen molar-refractivity contribution in [3.63, 3.8) is 0 Å². The van der Waals surface area contributed by atoms with E-state index in [4.69, 9.17) is 10.5 Å². The molecule has 4 nitrogen and oxygen atoms in total. The number of carbonyl (C=O) groups is 2. The van der Waals surface area contributed by atoms with Gasteiger partial charge in [0.15, 0.2) is 0 Å². The first-order valence-electron chi connectivity index (χ1n) is 4.29. The van der Waals surface area contributed by atoms with Gasteiger partial charge < -0.3 is 10.5 Å². The predicted octanol–water partition coefficient (Wildman–Crippen LogP) is 0.636. The lowest BCUT2D eigenvalue weighted by molar-refractivity contribution is -0.156. The molecule has 0 heterocycles. The number of hydrogen-bond donors (Lipinski definition) is 1. The SMILES string of the molecule is CC(C)(C)OC(=O)CC(=O)CCN. The summed E-state index contributed by atoms with van der Waals surface area (Å²) in [6, 6.07) is 0. The minimum atomic E-state index is -0.528. The molecular weight excluding hydrogens is 170 g/mol. The summed E-state index contributed by atoms with van der Waals surface area (Å²) in [5.74, 6) is -0.650. The molecule has 0 radical (unpaired) electrons. The van der Waals surface area contributed by atoms with Crippen molar-refractivity contribution in [3.8, 4) is 0 Å². The monoisotopic (exact) mass is 187 g/mol. The maximum Gasteiger partial charge on any atom is 0.313 e. The van der Waals surface area contributed by atoms with Gasteiger partial charge in [-0.25, -0.2) is 0 Å². The lowest BCUT2D eigenvalue weighted by Gasteiger charge is -2.19. The fourth-order valence-electron chi connectivity index (χ4n) is 0.788. The number of carbonyl (C=O) groups excluding carboxylic acids is 2. The first-order valence-corrected chi connectivity index (χ1v) is 4.29. The first kappa shape index (κ1) is 12.1. The summed E-state index contributed by atoms with van der Waals surface area (Å²) in [6.45, 7) is 5.57. The van der Waals surface area contributed by atoms with Crippen LogP contribution in [0.15, 0.2) is 0 Å². The van der Waals surface area contributed by atoms with Crippen LogP contribution in [-0.4, -0.2) is 23.9 Å². The Morgan fingerprint density at radius 3 is 2.23 bits per heavy atom. The molecule has 4 heteroatoms. The van der Waals surface area contributed by atoms with Crippen LogP contribution in [0.5, 0.6) is 0 Å². The van der Waals surface area contributed by atoms with E-state index in [1.165, 1.54) is 0 Å². The van der Waals surface area contributed by atoms with Gasteiger partial charge in [0.05, 0.1) is 0 Å². The Balaban J connectivity index is 3.82. The standard InChI is InChI=1S/C9H17NO3/c1-9(2,3)13-8(12)6-7(11)4-5-10/h4-6,10H2,1-3H3. The maximum atomic E-state index is 11.1. The van der Waals surface area contributed by atoms with Crippen molar-refractivity contribution < 1.29 is 14.3 Å². The van der Waals surface area contributed by atoms with Gasteiger partial charge in [0, 0.05) is 6.42 Å². The minimum Gasteiger partial charge on any atom is -0.460 e. The van der Waals surface area contributed by atoms with Crippen LogP contribution in [0.2, 0.25) is 0 Å². The molecule has 76 valence electrons. The number of esters is 1. The Labute approximate surface area is 78.4 Å². The molecule has 0 aromatic rings. The second-order valence-corrected chi connectivity index (χ2v) is 3.84. The molecule has 13 heavy (non-hydrogen) atoms. The molecule has 2 N–H and O–H groups in total. The molecule has 0 aromatic heterocycles. The first-order chi connectivity index (χ1) is 5.85. The Morgan fingerprint density at radius 1 is 1.31 bits per heavy atom. The Kier molecular flexibility index (Phi) is 4.62. The second kappa shape index (κ2) is 4.97. The summed E-state index contributed by atoms with van der Waals surface area (Å²) in [5, 5.41) is 0. The minimum absolute atomic E-state index is 0.170. The molecule has 0 bridgehead atoms. The average Bonchev–Trinajstić information content (AvgIpc) is 1.81. The van der Waals surface area contributed by atoms with Gasteiger partial charge in [-0.05, 0) is 27.3 Å². The highest BCUT2D eigenvalue weighted by Gasteiger charge is 2.18. The van der Waals surface area contributed by atoms with Crippen LogP contribution in [0.1, 0.15) is 33.6 Å². The molecule has 0 aliphatic heterocycles. The van der Waals surface area contributed by atoms with E-state index in [1.54, 1.807) is 20.8 Å². The maximum absolute atomic E-state index is 11.1. The Hall–Kier alpha value is -0.900. The fraction of sp³-hybridized carbons (Fsp3) is 0.778. The van der Waals surface area contributed by atoms with Crippen molar-refractivity contribution in [1.82, 2.24) is 0 Å². The lowest BCUT2D eigenvalue weighted by atomic mass is 10.2. The smallest absolute Gasteiger partial charge is 0.313 e. The Morgan fingerprint density at radius 2 is 1.85 bits per heavy atom. The van der Waals surface area contributed by atoms with E-state index >= 15 is 0 Å². The zero-order valence-electron chi connectivity index (χ0n) is 8.42. The van der Waals surface area contributed by atoms with Gasteiger partial charge in [0.25, 0.3) is 0 Å². The van der Waals surface area contributed by atoms with E-state index in [9.17, 15) is 9.59 Å². The zero-order chi connectivity index (χ0) is 10.5. The van der Waals surface area contributed by atoms with E-state index in [0.29, 0.717) is 0 Å². The van der Waals surface area contributed by atoms with Crippen molar-refractivity contribution in [2.75, 3.05) is 6.54 Å². The van der Waals surface area contributed by atoms with Crippen LogP contribution in [0.4, 0.5) is 0 Å². The largest absolute Gasteiger partial charge is 0.460 e. The molecule has 0 unspecified atom stereocenters. The van der Waals surface area contributed by atoms with Crippen LogP contribution in [0.3, 0.4) is 0 Å². The highest BCUT2D eigenvalue weighted by Crippen LogP contribution is 2.08. The van der Waals surface area contributed by atoms with Crippen molar-refractivity contribution in [2.24, 2.45) is 5.73 Å². The normalized spacial score (nSPS) is 11.1. The van der Waals surface area contributed by atoms with Crippen molar-refractivity contribution in [2.45, 2.75) is 39.2 Å². The van der Waals surface area contributed by atoms with E-state index in [1.807, 2.05) is 0 Å².